The topological polar surface area (TPSA) is 143 Å². The molecule has 0 saturated carbocycles. The zero-order valence-corrected chi connectivity index (χ0v) is 23.4. The van der Waals surface area contributed by atoms with Gasteiger partial charge in [-0.15, -0.1) is 0 Å². The Hall–Kier alpha value is -2.42. The molecule has 2 saturated heterocycles. The van der Waals surface area contributed by atoms with Gasteiger partial charge in [0.15, 0.2) is 0 Å². The molecule has 0 unspecified atom stereocenters. The van der Waals surface area contributed by atoms with Crippen molar-refractivity contribution in [3.63, 3.8) is 0 Å². The van der Waals surface area contributed by atoms with E-state index in [1.165, 1.54) is 12.1 Å². The first kappa shape index (κ1) is 28.6. The van der Waals surface area contributed by atoms with Crippen LogP contribution in [0.15, 0.2) is 47.4 Å². The highest BCUT2D eigenvalue weighted by molar-refractivity contribution is 7.92. The second-order valence-electron chi connectivity index (χ2n) is 10.0. The van der Waals surface area contributed by atoms with Gasteiger partial charge < -0.3 is 25.3 Å². The molecule has 2 aromatic carbocycles. The number of aromatic hydroxyl groups is 1. The van der Waals surface area contributed by atoms with Gasteiger partial charge in [-0.1, -0.05) is 6.07 Å². The van der Waals surface area contributed by atoms with Crippen LogP contribution in [0.4, 0.5) is 11.4 Å². The molecule has 0 radical (unpaired) electrons. The van der Waals surface area contributed by atoms with E-state index in [4.69, 9.17) is 0 Å². The molecule has 2 aromatic rings. The molecule has 0 aliphatic carbocycles. The number of phenols is 1. The number of likely N-dealkylation sites (N-methyl/N-ethyl adjacent to an activating group) is 1. The number of aliphatic hydroxyl groups is 1. The Kier molecular flexibility index (Phi) is 8.85. The lowest BCUT2D eigenvalue weighted by atomic mass is 10.0. The highest BCUT2D eigenvalue weighted by Crippen LogP contribution is 2.28. The highest BCUT2D eigenvalue weighted by Gasteiger charge is 2.28. The lowest BCUT2D eigenvalue weighted by Crippen LogP contribution is -2.47. The van der Waals surface area contributed by atoms with Crippen LogP contribution < -0.4 is 14.9 Å². The number of nitrogens with one attached hydrogen (secondary N) is 2. The molecule has 2 fully saturated rings. The normalized spacial score (nSPS) is 19.4. The molecule has 2 aliphatic rings. The van der Waals surface area contributed by atoms with E-state index in [2.05, 4.69) is 19.8 Å². The number of nitrogens with zero attached hydrogens (tertiary/aromatic N) is 3. The van der Waals surface area contributed by atoms with Gasteiger partial charge in [0.2, 0.25) is 20.0 Å². The van der Waals surface area contributed by atoms with Gasteiger partial charge in [0.05, 0.1) is 22.9 Å². The summed E-state index contributed by atoms with van der Waals surface area (Å²) in [5, 5.41) is 23.9. The van der Waals surface area contributed by atoms with E-state index in [0.29, 0.717) is 23.5 Å². The second kappa shape index (κ2) is 11.8. The maximum Gasteiger partial charge on any atom is 0.243 e. The van der Waals surface area contributed by atoms with Crippen LogP contribution in [0.3, 0.4) is 0 Å². The first-order valence-electron chi connectivity index (χ1n) is 12.7. The van der Waals surface area contributed by atoms with Crippen molar-refractivity contribution in [2.24, 2.45) is 0 Å². The molecular formula is C25H37N5O6S2. The van der Waals surface area contributed by atoms with Crippen molar-refractivity contribution in [1.29, 1.82) is 0 Å². The predicted octanol–water partition coefficient (Wildman–Crippen LogP) is 0.992. The summed E-state index contributed by atoms with van der Waals surface area (Å²) in [6, 6.07) is 11.7. The Bertz CT molecular complexity index is 1300. The number of hydrogen-bond donors (Lipinski definition) is 4. The van der Waals surface area contributed by atoms with Crippen LogP contribution in [0.5, 0.6) is 5.75 Å². The van der Waals surface area contributed by atoms with Gasteiger partial charge in [-0.3, -0.25) is 4.72 Å². The lowest BCUT2D eigenvalue weighted by molar-refractivity contribution is 0.167. The van der Waals surface area contributed by atoms with Crippen molar-refractivity contribution < 1.29 is 27.0 Å². The summed E-state index contributed by atoms with van der Waals surface area (Å²) < 4.78 is 52.7. The summed E-state index contributed by atoms with van der Waals surface area (Å²) in [6.45, 7) is 4.33. The number of aliphatic hydroxyl groups excluding tert-OH is 1. The number of anilines is 2. The SMILES string of the molecule is CN1CCN(S(=O)(=O)c2ccc(N3CCC(NC[C@H](O)c4ccc(O)c(NS(C)(=O)=O)c4)CC3)cc2)CC1. The van der Waals surface area contributed by atoms with Crippen LogP contribution in [0.25, 0.3) is 0 Å². The van der Waals surface area contributed by atoms with Crippen LogP contribution in [0.1, 0.15) is 24.5 Å². The minimum atomic E-state index is -3.56. The molecular weight excluding hydrogens is 530 g/mol. The van der Waals surface area contributed by atoms with Gasteiger partial charge in [0, 0.05) is 57.5 Å². The number of rotatable bonds is 9. The molecule has 0 amide bonds. The Balaban J connectivity index is 1.27. The van der Waals surface area contributed by atoms with Crippen molar-refractivity contribution in [1.82, 2.24) is 14.5 Å². The summed E-state index contributed by atoms with van der Waals surface area (Å²) in [4.78, 5) is 4.67. The number of phenolic OH excluding ortho intramolecular Hbond substituents is 1. The fourth-order valence-corrected chi connectivity index (χ4v) is 6.77. The zero-order valence-electron chi connectivity index (χ0n) is 21.7. The zero-order chi connectivity index (χ0) is 27.5. The van der Waals surface area contributed by atoms with Crippen LogP contribution in [0.2, 0.25) is 0 Å². The summed E-state index contributed by atoms with van der Waals surface area (Å²) in [5.74, 6) is -0.211. The molecule has 0 bridgehead atoms. The molecule has 2 heterocycles. The predicted molar refractivity (Wildman–Crippen MR) is 147 cm³/mol. The van der Waals surface area contributed by atoms with Crippen molar-refractivity contribution in [3.05, 3.63) is 48.0 Å². The van der Waals surface area contributed by atoms with Gasteiger partial charge in [0.1, 0.15) is 5.75 Å². The van der Waals surface area contributed by atoms with Crippen LogP contribution in [0, 0.1) is 0 Å². The molecule has 2 aliphatic heterocycles. The third-order valence-electron chi connectivity index (χ3n) is 7.10. The van der Waals surface area contributed by atoms with E-state index in [-0.39, 0.29) is 24.0 Å². The molecule has 13 heteroatoms. The number of benzene rings is 2. The van der Waals surface area contributed by atoms with Crippen LogP contribution in [-0.4, -0.2) is 101 Å². The molecule has 0 spiro atoms. The van der Waals surface area contributed by atoms with Gasteiger partial charge >= 0.3 is 0 Å². The average molecular weight is 568 g/mol. The summed E-state index contributed by atoms with van der Waals surface area (Å²) >= 11 is 0. The molecule has 210 valence electrons. The van der Waals surface area contributed by atoms with E-state index in [9.17, 15) is 27.0 Å². The van der Waals surface area contributed by atoms with Crippen molar-refractivity contribution in [3.8, 4) is 5.75 Å². The maximum absolute atomic E-state index is 13.0. The molecule has 4 N–H and O–H groups in total. The number of piperazine rings is 1. The maximum atomic E-state index is 13.0. The number of sulfonamides is 2. The van der Waals surface area contributed by atoms with Crippen molar-refractivity contribution in [2.75, 3.05) is 68.7 Å². The van der Waals surface area contributed by atoms with E-state index in [0.717, 1.165) is 51.0 Å². The monoisotopic (exact) mass is 567 g/mol. The fourth-order valence-electron chi connectivity index (χ4n) is 4.79. The molecule has 4 rings (SSSR count). The number of hydrogen-bond acceptors (Lipinski definition) is 9. The fraction of sp³-hybridized carbons (Fsp3) is 0.520. The van der Waals surface area contributed by atoms with Gasteiger partial charge in [-0.2, -0.15) is 4.31 Å². The quantitative estimate of drug-likeness (QED) is 0.326. The minimum Gasteiger partial charge on any atom is -0.506 e. The third-order valence-corrected chi connectivity index (χ3v) is 9.60. The smallest absolute Gasteiger partial charge is 0.243 e. The van der Waals surface area contributed by atoms with Gasteiger partial charge in [-0.05, 0) is 61.9 Å². The van der Waals surface area contributed by atoms with Crippen molar-refractivity contribution in [2.45, 2.75) is 29.9 Å². The summed E-state index contributed by atoms with van der Waals surface area (Å²) in [7, 11) is -5.06. The first-order chi connectivity index (χ1) is 17.9. The van der Waals surface area contributed by atoms with E-state index < -0.39 is 26.2 Å². The highest BCUT2D eigenvalue weighted by atomic mass is 32.2. The average Bonchev–Trinajstić information content (AvgIpc) is 2.88. The standard InChI is InChI=1S/C25H37N5O6S2/c1-28-13-15-30(16-14-28)38(35,36)22-6-4-21(5-7-22)29-11-9-20(10-12-29)26-18-25(32)19-3-8-24(31)23(17-19)27-37(2,33)34/h3-8,17,20,25-27,31-32H,9-16,18H2,1-2H3/t25-/m0/s1. The van der Waals surface area contributed by atoms with Gasteiger partial charge in [0.25, 0.3) is 0 Å². The first-order valence-corrected chi connectivity index (χ1v) is 16.0. The Morgan fingerprint density at radius 2 is 1.58 bits per heavy atom. The molecule has 11 nitrogen and oxygen atoms in total. The Morgan fingerprint density at radius 1 is 0.947 bits per heavy atom. The Labute approximate surface area is 225 Å². The molecule has 38 heavy (non-hydrogen) atoms. The molecule has 0 aromatic heterocycles. The largest absolute Gasteiger partial charge is 0.506 e. The summed E-state index contributed by atoms with van der Waals surface area (Å²) in [6.07, 6.45) is 1.83. The molecule has 1 atom stereocenters. The van der Waals surface area contributed by atoms with E-state index in [1.54, 1.807) is 22.5 Å². The van der Waals surface area contributed by atoms with E-state index >= 15 is 0 Å². The van der Waals surface area contributed by atoms with Gasteiger partial charge in [-0.25, -0.2) is 16.8 Å². The lowest BCUT2D eigenvalue weighted by Gasteiger charge is -2.35. The number of piperidine rings is 1. The minimum absolute atomic E-state index is 0.0275. The second-order valence-corrected chi connectivity index (χ2v) is 13.7. The summed E-state index contributed by atoms with van der Waals surface area (Å²) in [5.41, 5.74) is 1.50. The third kappa shape index (κ3) is 7.16. The Morgan fingerprint density at radius 3 is 2.18 bits per heavy atom. The van der Waals surface area contributed by atoms with Crippen molar-refractivity contribution >= 4 is 31.4 Å². The van der Waals surface area contributed by atoms with E-state index in [1.807, 2.05) is 19.2 Å². The van der Waals surface area contributed by atoms with Crippen LogP contribution in [-0.2, 0) is 20.0 Å². The van der Waals surface area contributed by atoms with Crippen LogP contribution >= 0.6 is 0 Å².